The van der Waals surface area contributed by atoms with Crippen molar-refractivity contribution < 1.29 is 54.3 Å². The molecule has 0 amide bonds. The van der Waals surface area contributed by atoms with Crippen LogP contribution in [0.4, 0.5) is 0 Å². The summed E-state index contributed by atoms with van der Waals surface area (Å²) in [6.07, 6.45) is 1.03. The van der Waals surface area contributed by atoms with E-state index < -0.39 is 30.0 Å². The van der Waals surface area contributed by atoms with Crippen LogP contribution in [0.3, 0.4) is 0 Å². The van der Waals surface area contributed by atoms with E-state index >= 15 is 0 Å². The number of oxime groups is 1. The Morgan fingerprint density at radius 3 is 1.98 bits per heavy atom. The van der Waals surface area contributed by atoms with Crippen LogP contribution in [0.25, 0.3) is 0 Å². The zero-order valence-corrected chi connectivity index (χ0v) is 22.3. The maximum atomic E-state index is 10.2. The molecular formula is C26H34N4O11. The van der Waals surface area contributed by atoms with Gasteiger partial charge < -0.3 is 40.0 Å². The van der Waals surface area contributed by atoms with Crippen molar-refractivity contribution >= 4 is 30.1 Å². The fraction of sp³-hybridized carbons (Fsp3) is 0.346. The van der Waals surface area contributed by atoms with E-state index in [4.69, 9.17) is 49.2 Å². The smallest absolute Gasteiger partial charge is 0.414 e. The van der Waals surface area contributed by atoms with Gasteiger partial charge in [0.05, 0.1) is 6.21 Å². The molecule has 0 radical (unpaired) electrons. The number of aliphatic hydroxyl groups is 1. The Hall–Kier alpha value is -4.57. The van der Waals surface area contributed by atoms with Crippen LogP contribution in [0.2, 0.25) is 0 Å². The van der Waals surface area contributed by atoms with E-state index in [1.165, 1.54) is 0 Å². The predicted octanol–water partition coefficient (Wildman–Crippen LogP) is 0.0402. The molecule has 2 aromatic carbocycles. The molecule has 0 spiro atoms. The lowest BCUT2D eigenvalue weighted by Gasteiger charge is -2.33. The predicted molar refractivity (Wildman–Crippen MR) is 144 cm³/mol. The molecule has 6 N–H and O–H groups in total. The standard InChI is InChI=1S/C22H30N4O3.2C2H2O4/c1-25-11-13-26(14-12-25)23-16-21(27)18-28-22-10-6-5-9-20(22)15-24-29-17-19-7-3-2-4-8-19;2*3-1(4)2(5)6/h2-10,15,21,23,27H,11-14,16-18H2,1H3;2*(H,3,4)(H,5,6)/b24-15+;;. The number of likely N-dealkylation sites (N-methyl/N-ethyl adjacent to an activating group) is 1. The van der Waals surface area contributed by atoms with Gasteiger partial charge in [-0.2, -0.15) is 0 Å². The summed E-state index contributed by atoms with van der Waals surface area (Å²) in [5.41, 5.74) is 5.15. The van der Waals surface area contributed by atoms with Gasteiger partial charge in [0.1, 0.15) is 25.1 Å². The molecule has 41 heavy (non-hydrogen) atoms. The molecule has 1 fully saturated rings. The summed E-state index contributed by atoms with van der Waals surface area (Å²) in [7, 11) is 2.12. The zero-order valence-electron chi connectivity index (χ0n) is 22.3. The van der Waals surface area contributed by atoms with Gasteiger partial charge >= 0.3 is 23.9 Å². The molecule has 2 aromatic rings. The molecule has 1 unspecified atom stereocenters. The highest BCUT2D eigenvalue weighted by molar-refractivity contribution is 6.27. The number of piperazine rings is 1. The average molecular weight is 579 g/mol. The number of hydrogen-bond acceptors (Lipinski definition) is 11. The number of rotatable bonds is 10. The number of carbonyl (C=O) groups is 4. The second-order valence-corrected chi connectivity index (χ2v) is 8.37. The zero-order chi connectivity index (χ0) is 30.6. The molecule has 0 bridgehead atoms. The Morgan fingerprint density at radius 2 is 1.41 bits per heavy atom. The third-order valence-corrected chi connectivity index (χ3v) is 5.11. The molecule has 1 aliphatic rings. The number of para-hydroxylation sites is 1. The van der Waals surface area contributed by atoms with Crippen LogP contribution in [0.15, 0.2) is 59.8 Å². The van der Waals surface area contributed by atoms with E-state index in [1.54, 1.807) is 6.21 Å². The number of carboxylic acid groups (broad SMARTS) is 4. The molecule has 1 heterocycles. The van der Waals surface area contributed by atoms with E-state index in [0.717, 1.165) is 37.3 Å². The molecule has 1 saturated heterocycles. The van der Waals surface area contributed by atoms with E-state index in [1.807, 2.05) is 54.6 Å². The van der Waals surface area contributed by atoms with Crippen molar-refractivity contribution in [1.82, 2.24) is 15.3 Å². The number of benzene rings is 2. The lowest BCUT2D eigenvalue weighted by molar-refractivity contribution is -0.159. The van der Waals surface area contributed by atoms with Gasteiger partial charge in [0.15, 0.2) is 0 Å². The number of hydrogen-bond donors (Lipinski definition) is 6. The highest BCUT2D eigenvalue weighted by Crippen LogP contribution is 2.16. The Kier molecular flexibility index (Phi) is 16.4. The van der Waals surface area contributed by atoms with Crippen LogP contribution < -0.4 is 10.2 Å². The first kappa shape index (κ1) is 34.5. The highest BCUT2D eigenvalue weighted by Gasteiger charge is 2.15. The summed E-state index contributed by atoms with van der Waals surface area (Å²) < 4.78 is 5.81. The Balaban J connectivity index is 0.000000588. The summed E-state index contributed by atoms with van der Waals surface area (Å²) in [5, 5.41) is 46.0. The lowest BCUT2D eigenvalue weighted by Crippen LogP contribution is -2.52. The number of nitrogens with one attached hydrogen (secondary N) is 1. The minimum Gasteiger partial charge on any atom is -0.490 e. The Bertz CT molecular complexity index is 1080. The van der Waals surface area contributed by atoms with Crippen LogP contribution in [0.5, 0.6) is 5.75 Å². The van der Waals surface area contributed by atoms with Crippen molar-refractivity contribution in [1.29, 1.82) is 0 Å². The van der Waals surface area contributed by atoms with E-state index in [-0.39, 0.29) is 6.61 Å². The maximum Gasteiger partial charge on any atom is 0.414 e. The SMILES string of the molecule is CN1CCN(NCC(O)COc2ccccc2/C=N/OCc2ccccc2)CC1.O=C(O)C(=O)O.O=C(O)C(=O)O. The van der Waals surface area contributed by atoms with Gasteiger partial charge in [-0.1, -0.05) is 47.6 Å². The molecule has 0 aliphatic carbocycles. The Labute approximate surface area is 235 Å². The number of aliphatic carboxylic acids is 4. The van der Waals surface area contributed by atoms with Gasteiger partial charge in [-0.05, 0) is 24.7 Å². The minimum absolute atomic E-state index is 0.205. The largest absolute Gasteiger partial charge is 0.490 e. The molecule has 15 heteroatoms. The van der Waals surface area contributed by atoms with Gasteiger partial charge in [-0.15, -0.1) is 0 Å². The summed E-state index contributed by atoms with van der Waals surface area (Å²) in [5.74, 6) is -6.63. The number of carboxylic acids is 4. The number of hydrazine groups is 1. The number of ether oxygens (including phenoxy) is 1. The third-order valence-electron chi connectivity index (χ3n) is 5.11. The number of nitrogens with zero attached hydrogens (tertiary/aromatic N) is 3. The van der Waals surface area contributed by atoms with Crippen molar-refractivity contribution in [2.24, 2.45) is 5.16 Å². The van der Waals surface area contributed by atoms with Crippen molar-refractivity contribution in [2.45, 2.75) is 12.7 Å². The second kappa shape index (κ2) is 19.5. The normalized spacial score (nSPS) is 14.0. The molecule has 0 aromatic heterocycles. The molecule has 1 atom stereocenters. The van der Waals surface area contributed by atoms with Crippen LogP contribution in [-0.4, -0.2) is 118 Å². The van der Waals surface area contributed by atoms with E-state index in [2.05, 4.69) is 27.5 Å². The van der Waals surface area contributed by atoms with Crippen LogP contribution in [0, 0.1) is 0 Å². The summed E-state index contributed by atoms with van der Waals surface area (Å²) in [4.78, 5) is 44.1. The first-order valence-corrected chi connectivity index (χ1v) is 12.2. The van der Waals surface area contributed by atoms with Gasteiger partial charge in [0.25, 0.3) is 0 Å². The van der Waals surface area contributed by atoms with Gasteiger partial charge in [-0.25, -0.2) is 24.2 Å². The summed E-state index contributed by atoms with van der Waals surface area (Å²) in [6.45, 7) is 5.03. The molecule has 15 nitrogen and oxygen atoms in total. The maximum absolute atomic E-state index is 10.2. The van der Waals surface area contributed by atoms with Gasteiger partial charge in [0.2, 0.25) is 0 Å². The fourth-order valence-corrected chi connectivity index (χ4v) is 2.94. The lowest BCUT2D eigenvalue weighted by atomic mass is 10.2. The monoisotopic (exact) mass is 578 g/mol. The molecular weight excluding hydrogens is 544 g/mol. The first-order chi connectivity index (χ1) is 19.5. The van der Waals surface area contributed by atoms with Crippen molar-refractivity contribution in [3.63, 3.8) is 0 Å². The van der Waals surface area contributed by atoms with Crippen molar-refractivity contribution in [3.05, 3.63) is 65.7 Å². The summed E-state index contributed by atoms with van der Waals surface area (Å²) >= 11 is 0. The Morgan fingerprint density at radius 1 is 0.878 bits per heavy atom. The highest BCUT2D eigenvalue weighted by atomic mass is 16.6. The fourth-order valence-electron chi connectivity index (χ4n) is 2.94. The molecule has 224 valence electrons. The van der Waals surface area contributed by atoms with Crippen molar-refractivity contribution in [3.8, 4) is 5.75 Å². The van der Waals surface area contributed by atoms with E-state index in [9.17, 15) is 5.11 Å². The van der Waals surface area contributed by atoms with E-state index in [0.29, 0.717) is 18.9 Å². The molecule has 0 saturated carbocycles. The van der Waals surface area contributed by atoms with Gasteiger partial charge in [-0.3, -0.25) is 5.43 Å². The first-order valence-electron chi connectivity index (χ1n) is 12.2. The van der Waals surface area contributed by atoms with Gasteiger partial charge in [0, 0.05) is 38.3 Å². The van der Waals surface area contributed by atoms with Crippen LogP contribution in [-0.2, 0) is 30.6 Å². The third kappa shape index (κ3) is 16.2. The second-order valence-electron chi connectivity index (χ2n) is 8.37. The number of aliphatic hydroxyl groups excluding tert-OH is 1. The van der Waals surface area contributed by atoms with Crippen molar-refractivity contribution in [2.75, 3.05) is 46.4 Å². The minimum atomic E-state index is -1.82. The average Bonchev–Trinajstić information content (AvgIpc) is 2.95. The quantitative estimate of drug-likeness (QED) is 0.125. The molecule has 1 aliphatic heterocycles. The summed E-state index contributed by atoms with van der Waals surface area (Å²) in [6, 6.07) is 17.5. The van der Waals surface area contributed by atoms with Crippen LogP contribution in [0.1, 0.15) is 11.1 Å². The molecule has 3 rings (SSSR count). The van der Waals surface area contributed by atoms with Crippen LogP contribution >= 0.6 is 0 Å². The topological polar surface area (TPSA) is 219 Å².